The predicted octanol–water partition coefficient (Wildman–Crippen LogP) is 6.68. The molecule has 0 saturated carbocycles. The molecule has 2 aromatic carbocycles. The largest absolute Gasteiger partial charge is 0.256 e. The molecule has 0 aliphatic heterocycles. The normalized spacial score (nSPS) is 16.6. The number of hydrogen-bond donors (Lipinski definition) is 0. The Kier molecular flexibility index (Phi) is 3.06. The molecule has 28 heavy (non-hydrogen) atoms. The summed E-state index contributed by atoms with van der Waals surface area (Å²) in [6.07, 6.45) is 2.22. The highest BCUT2D eigenvalue weighted by molar-refractivity contribution is 6.05. The molecule has 140 valence electrons. The predicted molar refractivity (Wildman–Crippen MR) is 118 cm³/mol. The summed E-state index contributed by atoms with van der Waals surface area (Å²) in [7, 11) is 0. The topological polar surface area (TPSA) is 25.8 Å². The first-order valence-corrected chi connectivity index (χ1v) is 9.86. The van der Waals surface area contributed by atoms with Crippen molar-refractivity contribution in [3.63, 3.8) is 0 Å². The van der Waals surface area contributed by atoms with Crippen LogP contribution in [0.5, 0.6) is 0 Å². The molecule has 0 unspecified atom stereocenters. The third kappa shape index (κ3) is 2.47. The molecule has 0 bridgehead atoms. The first-order valence-electron chi connectivity index (χ1n) is 10.9. The van der Waals surface area contributed by atoms with Crippen LogP contribution in [-0.2, 0) is 11.8 Å². The van der Waals surface area contributed by atoms with Crippen molar-refractivity contribution in [1.82, 2.24) is 9.97 Å². The van der Waals surface area contributed by atoms with E-state index in [4.69, 9.17) is 12.7 Å². The molecular formula is C26H26N2. The van der Waals surface area contributed by atoms with Crippen LogP contribution in [0.25, 0.3) is 32.9 Å². The summed E-state index contributed by atoms with van der Waals surface area (Å²) in [5.74, 6) is 0. The van der Waals surface area contributed by atoms with E-state index >= 15 is 0 Å². The Balaban J connectivity index is 1.93. The van der Waals surface area contributed by atoms with Gasteiger partial charge in [0.05, 0.1) is 11.2 Å². The van der Waals surface area contributed by atoms with E-state index in [1.807, 2.05) is 51.4 Å². The van der Waals surface area contributed by atoms with E-state index in [1.54, 1.807) is 0 Å². The van der Waals surface area contributed by atoms with Gasteiger partial charge >= 0.3 is 0 Å². The second-order valence-corrected chi connectivity index (χ2v) is 9.34. The van der Waals surface area contributed by atoms with Gasteiger partial charge < -0.3 is 0 Å². The average molecular weight is 369 g/mol. The lowest BCUT2D eigenvalue weighted by Gasteiger charge is -2.36. The molecular weight excluding hydrogens is 340 g/mol. The van der Waals surface area contributed by atoms with Crippen molar-refractivity contribution in [2.45, 2.75) is 46.4 Å². The third-order valence-corrected chi connectivity index (χ3v) is 5.71. The van der Waals surface area contributed by atoms with Crippen molar-refractivity contribution in [3.8, 4) is 11.3 Å². The van der Waals surface area contributed by atoms with E-state index in [1.165, 1.54) is 5.56 Å². The second kappa shape index (κ2) is 5.64. The standard InChI is InChI=1S/C26H26N2/c1-25(2,3)15-16-13-18-10-12-28-24-19-9-8-17-7-6-11-27-23(17)22(19)26(4,5)20(14-16)21(18)24/h6-14H,15H2,1-5H3/i15D2. The zero-order valence-electron chi connectivity index (χ0n) is 19.1. The van der Waals surface area contributed by atoms with Crippen molar-refractivity contribution < 1.29 is 2.74 Å². The molecule has 0 spiro atoms. The number of nitrogens with zero attached hydrogens (tertiary/aromatic N) is 2. The third-order valence-electron chi connectivity index (χ3n) is 5.71. The minimum Gasteiger partial charge on any atom is -0.256 e. The lowest BCUT2D eigenvalue weighted by atomic mass is 9.68. The van der Waals surface area contributed by atoms with Crippen LogP contribution in [0.3, 0.4) is 0 Å². The summed E-state index contributed by atoms with van der Waals surface area (Å²) < 4.78 is 17.8. The smallest absolute Gasteiger partial charge is 0.0787 e. The van der Waals surface area contributed by atoms with Crippen LogP contribution in [-0.4, -0.2) is 9.97 Å². The quantitative estimate of drug-likeness (QED) is 0.374. The number of benzene rings is 2. The SMILES string of the molecule is [2H]C([2H])(c1cc2c3c(nccc3c1)-c1ccc3cccnc3c1C2(C)C)C(C)(C)C. The lowest BCUT2D eigenvalue weighted by Crippen LogP contribution is -2.25. The summed E-state index contributed by atoms with van der Waals surface area (Å²) in [5, 5.41) is 3.28. The van der Waals surface area contributed by atoms with Crippen LogP contribution < -0.4 is 0 Å². The summed E-state index contributed by atoms with van der Waals surface area (Å²) in [5.41, 5.74) is 5.24. The number of hydrogen-bond acceptors (Lipinski definition) is 2. The van der Waals surface area contributed by atoms with Crippen LogP contribution in [0.4, 0.5) is 0 Å². The van der Waals surface area contributed by atoms with Gasteiger partial charge in [0.15, 0.2) is 0 Å². The van der Waals surface area contributed by atoms with Crippen molar-refractivity contribution >= 4 is 21.7 Å². The lowest BCUT2D eigenvalue weighted by molar-refractivity contribution is 0.411. The molecule has 0 radical (unpaired) electrons. The molecule has 0 saturated heterocycles. The minimum atomic E-state index is -1.46. The zero-order valence-corrected chi connectivity index (χ0v) is 17.1. The van der Waals surface area contributed by atoms with Crippen LogP contribution in [0.2, 0.25) is 0 Å². The van der Waals surface area contributed by atoms with Gasteiger partial charge in [0.25, 0.3) is 0 Å². The Labute approximate surface area is 169 Å². The van der Waals surface area contributed by atoms with Crippen molar-refractivity contribution in [2.24, 2.45) is 5.41 Å². The molecule has 2 nitrogen and oxygen atoms in total. The van der Waals surface area contributed by atoms with E-state index in [0.29, 0.717) is 0 Å². The minimum absolute atomic E-state index is 0.332. The van der Waals surface area contributed by atoms with Crippen LogP contribution in [0.1, 0.15) is 54.1 Å². The van der Waals surface area contributed by atoms with Gasteiger partial charge in [0.1, 0.15) is 0 Å². The van der Waals surface area contributed by atoms with Gasteiger partial charge in [-0.05, 0) is 46.0 Å². The maximum atomic E-state index is 8.88. The molecule has 5 rings (SSSR count). The molecule has 0 amide bonds. The maximum Gasteiger partial charge on any atom is 0.0787 e. The monoisotopic (exact) mass is 368 g/mol. The molecule has 2 heteroatoms. The molecule has 1 aliphatic carbocycles. The molecule has 0 fully saturated rings. The molecule has 2 heterocycles. The Bertz CT molecular complexity index is 1330. The summed E-state index contributed by atoms with van der Waals surface area (Å²) in [6.45, 7) is 10.3. The van der Waals surface area contributed by atoms with Crippen LogP contribution in [0.15, 0.2) is 54.9 Å². The number of fused-ring (bicyclic) bond motifs is 4. The Morgan fingerprint density at radius 1 is 0.964 bits per heavy atom. The van der Waals surface area contributed by atoms with Crippen molar-refractivity contribution in [3.05, 3.63) is 71.5 Å². The highest BCUT2D eigenvalue weighted by Crippen LogP contribution is 2.50. The van der Waals surface area contributed by atoms with Crippen LogP contribution in [0, 0.1) is 5.41 Å². The van der Waals surface area contributed by atoms with Crippen LogP contribution >= 0.6 is 0 Å². The van der Waals surface area contributed by atoms with Gasteiger partial charge in [0, 0.05) is 36.9 Å². The number of aromatic nitrogens is 2. The molecule has 1 aliphatic rings. The van der Waals surface area contributed by atoms with E-state index < -0.39 is 11.8 Å². The Morgan fingerprint density at radius 2 is 1.79 bits per heavy atom. The fourth-order valence-electron chi connectivity index (χ4n) is 4.63. The Hall–Kier alpha value is -2.74. The molecule has 4 aromatic rings. The van der Waals surface area contributed by atoms with Crippen molar-refractivity contribution in [2.75, 3.05) is 0 Å². The van der Waals surface area contributed by atoms with E-state index in [-0.39, 0.29) is 5.41 Å². The molecule has 0 N–H and O–H groups in total. The highest BCUT2D eigenvalue weighted by Gasteiger charge is 2.36. The Morgan fingerprint density at radius 3 is 2.57 bits per heavy atom. The van der Waals surface area contributed by atoms with E-state index in [0.717, 1.165) is 44.1 Å². The summed E-state index contributed by atoms with van der Waals surface area (Å²) in [6, 6.07) is 14.4. The fraction of sp³-hybridized carbons (Fsp3) is 0.308. The van der Waals surface area contributed by atoms with Gasteiger partial charge in [-0.2, -0.15) is 0 Å². The van der Waals surface area contributed by atoms with Gasteiger partial charge in [-0.15, -0.1) is 0 Å². The fourth-order valence-corrected chi connectivity index (χ4v) is 4.63. The van der Waals surface area contributed by atoms with Gasteiger partial charge in [-0.1, -0.05) is 65.0 Å². The number of rotatable bonds is 1. The van der Waals surface area contributed by atoms with E-state index in [9.17, 15) is 0 Å². The first-order chi connectivity index (χ1) is 14.0. The van der Waals surface area contributed by atoms with Crippen molar-refractivity contribution in [1.29, 1.82) is 0 Å². The van der Waals surface area contributed by atoms with Gasteiger partial charge in [-0.3, -0.25) is 9.97 Å². The first kappa shape index (κ1) is 15.2. The molecule has 2 aromatic heterocycles. The average Bonchev–Trinajstić information content (AvgIpc) is 2.70. The second-order valence-electron chi connectivity index (χ2n) is 9.34. The van der Waals surface area contributed by atoms with E-state index in [2.05, 4.69) is 38.1 Å². The van der Waals surface area contributed by atoms with Gasteiger partial charge in [-0.25, -0.2) is 0 Å². The maximum absolute atomic E-state index is 8.88. The zero-order chi connectivity index (χ0) is 21.5. The number of pyridine rings is 2. The summed E-state index contributed by atoms with van der Waals surface area (Å²) >= 11 is 0. The highest BCUT2D eigenvalue weighted by atomic mass is 14.7. The van der Waals surface area contributed by atoms with Gasteiger partial charge in [0.2, 0.25) is 0 Å². The molecule has 0 atom stereocenters. The summed E-state index contributed by atoms with van der Waals surface area (Å²) in [4.78, 5) is 9.51.